The van der Waals surface area contributed by atoms with Gasteiger partial charge in [-0.15, -0.1) is 0 Å². The number of pyridine rings is 1. The lowest BCUT2D eigenvalue weighted by atomic mass is 10.1. The van der Waals surface area contributed by atoms with Gasteiger partial charge in [0, 0.05) is 30.2 Å². The first-order chi connectivity index (χ1) is 11.7. The van der Waals surface area contributed by atoms with E-state index in [0.717, 1.165) is 22.2 Å². The van der Waals surface area contributed by atoms with Gasteiger partial charge in [0.2, 0.25) is 5.78 Å². The third-order valence-corrected chi connectivity index (χ3v) is 3.79. The zero-order valence-corrected chi connectivity index (χ0v) is 13.2. The summed E-state index contributed by atoms with van der Waals surface area (Å²) in [6, 6.07) is 13.2. The Balaban J connectivity index is 1.44. The molecule has 0 atom stereocenters. The van der Waals surface area contributed by atoms with Crippen molar-refractivity contribution in [3.05, 3.63) is 66.2 Å². The average Bonchev–Trinajstić information content (AvgIpc) is 3.08. The van der Waals surface area contributed by atoms with E-state index in [1.807, 2.05) is 42.5 Å². The van der Waals surface area contributed by atoms with Crippen LogP contribution in [0.15, 0.2) is 59.3 Å². The number of fused-ring (bicyclic) bond motifs is 1. The highest BCUT2D eigenvalue weighted by Gasteiger charge is 2.13. The Morgan fingerprint density at radius 2 is 2.04 bits per heavy atom. The summed E-state index contributed by atoms with van der Waals surface area (Å²) in [5.41, 5.74) is 2.66. The first-order valence-corrected chi connectivity index (χ1v) is 7.89. The Kier molecular flexibility index (Phi) is 5.01. The van der Waals surface area contributed by atoms with Crippen molar-refractivity contribution in [3.8, 4) is 0 Å². The number of nitrogens with one attached hydrogen (secondary N) is 1. The number of carbonyl (C=O) groups is 2. The van der Waals surface area contributed by atoms with Crippen molar-refractivity contribution in [2.24, 2.45) is 0 Å². The molecule has 24 heavy (non-hydrogen) atoms. The molecular weight excluding hydrogens is 304 g/mol. The molecular formula is C19H18N2O3. The molecule has 0 aliphatic rings. The molecule has 0 fully saturated rings. The topological polar surface area (TPSA) is 72.2 Å². The summed E-state index contributed by atoms with van der Waals surface area (Å²) in [5, 5.41) is 3.64. The number of rotatable bonds is 7. The number of aromatic nitrogens is 1. The predicted octanol–water partition coefficient (Wildman–Crippen LogP) is 3.04. The van der Waals surface area contributed by atoms with E-state index in [9.17, 15) is 9.59 Å². The highest BCUT2D eigenvalue weighted by molar-refractivity contribution is 6.36. The van der Waals surface area contributed by atoms with Crippen LogP contribution in [0.5, 0.6) is 0 Å². The van der Waals surface area contributed by atoms with Gasteiger partial charge >= 0.3 is 0 Å². The maximum absolute atomic E-state index is 11.9. The van der Waals surface area contributed by atoms with E-state index in [4.69, 9.17) is 4.42 Å². The molecule has 1 aromatic carbocycles. The number of nitrogens with zero attached hydrogens (tertiary/aromatic N) is 1. The van der Waals surface area contributed by atoms with Gasteiger partial charge in [0.15, 0.2) is 0 Å². The lowest BCUT2D eigenvalue weighted by Gasteiger charge is -2.05. The van der Waals surface area contributed by atoms with E-state index in [1.54, 1.807) is 12.5 Å². The molecule has 122 valence electrons. The van der Waals surface area contributed by atoms with Crippen molar-refractivity contribution < 1.29 is 14.0 Å². The molecule has 0 saturated heterocycles. The van der Waals surface area contributed by atoms with Crippen LogP contribution >= 0.6 is 0 Å². The molecule has 0 spiro atoms. The largest absolute Gasteiger partial charge is 0.464 e. The minimum Gasteiger partial charge on any atom is -0.464 e. The van der Waals surface area contributed by atoms with Crippen LogP contribution in [0.2, 0.25) is 0 Å². The summed E-state index contributed by atoms with van der Waals surface area (Å²) in [5.74, 6) is -0.932. The van der Waals surface area contributed by atoms with Gasteiger partial charge in [0.25, 0.3) is 5.91 Å². The molecule has 0 unspecified atom stereocenters. The van der Waals surface area contributed by atoms with Crippen molar-refractivity contribution in [3.63, 3.8) is 0 Å². The number of benzene rings is 1. The molecule has 0 saturated carbocycles. The molecule has 0 aliphatic carbocycles. The molecule has 0 aliphatic heterocycles. The standard InChI is InChI=1S/C19H18N2O3/c22-17(6-3-5-16-4-1-2-10-20-16)19(23)21-13-14-7-8-18-15(12-14)9-11-24-18/h1-2,4,7-12H,3,5-6,13H2,(H,21,23). The molecule has 1 amide bonds. The van der Waals surface area contributed by atoms with Crippen LogP contribution in [0.3, 0.4) is 0 Å². The van der Waals surface area contributed by atoms with Gasteiger partial charge < -0.3 is 9.73 Å². The van der Waals surface area contributed by atoms with Crippen molar-refractivity contribution in [1.82, 2.24) is 10.3 Å². The molecule has 0 bridgehead atoms. The number of Topliss-reactive ketones (excluding diaryl/α,β-unsaturated/α-hetero) is 1. The van der Waals surface area contributed by atoms with Crippen LogP contribution < -0.4 is 5.32 Å². The molecule has 2 aromatic heterocycles. The van der Waals surface area contributed by atoms with Crippen LogP contribution in [-0.2, 0) is 22.6 Å². The number of hydrogen-bond acceptors (Lipinski definition) is 4. The van der Waals surface area contributed by atoms with Gasteiger partial charge in [0.05, 0.1) is 6.26 Å². The van der Waals surface area contributed by atoms with E-state index in [1.165, 1.54) is 0 Å². The fraction of sp³-hybridized carbons (Fsp3) is 0.211. The SMILES string of the molecule is O=C(CCCc1ccccn1)C(=O)NCc1ccc2occc2c1. The molecule has 3 aromatic rings. The number of amides is 1. The summed E-state index contributed by atoms with van der Waals surface area (Å²) in [6.45, 7) is 0.325. The van der Waals surface area contributed by atoms with E-state index in [0.29, 0.717) is 19.4 Å². The average molecular weight is 322 g/mol. The van der Waals surface area contributed by atoms with Crippen LogP contribution in [0.1, 0.15) is 24.1 Å². The molecule has 5 nitrogen and oxygen atoms in total. The maximum atomic E-state index is 11.9. The fourth-order valence-corrected chi connectivity index (χ4v) is 2.50. The number of ketones is 1. The Bertz CT molecular complexity index is 840. The fourth-order valence-electron chi connectivity index (χ4n) is 2.50. The minimum absolute atomic E-state index is 0.225. The van der Waals surface area contributed by atoms with Gasteiger partial charge in [0.1, 0.15) is 5.58 Å². The Morgan fingerprint density at radius 1 is 1.12 bits per heavy atom. The highest BCUT2D eigenvalue weighted by atomic mass is 16.3. The smallest absolute Gasteiger partial charge is 0.287 e. The van der Waals surface area contributed by atoms with E-state index in [2.05, 4.69) is 10.3 Å². The Hall–Kier alpha value is -2.95. The zero-order valence-electron chi connectivity index (χ0n) is 13.2. The Morgan fingerprint density at radius 3 is 2.88 bits per heavy atom. The maximum Gasteiger partial charge on any atom is 0.287 e. The van der Waals surface area contributed by atoms with Crippen LogP contribution in [0, 0.1) is 0 Å². The van der Waals surface area contributed by atoms with Gasteiger partial charge in [-0.05, 0) is 48.7 Å². The van der Waals surface area contributed by atoms with Crippen molar-refractivity contribution in [1.29, 1.82) is 0 Å². The molecule has 1 N–H and O–H groups in total. The summed E-state index contributed by atoms with van der Waals surface area (Å²) in [4.78, 5) is 28.0. The van der Waals surface area contributed by atoms with E-state index < -0.39 is 11.7 Å². The third-order valence-electron chi connectivity index (χ3n) is 3.79. The van der Waals surface area contributed by atoms with Crippen LogP contribution in [-0.4, -0.2) is 16.7 Å². The summed E-state index contributed by atoms with van der Waals surface area (Å²) in [6.07, 6.45) is 4.88. The summed E-state index contributed by atoms with van der Waals surface area (Å²) in [7, 11) is 0. The highest BCUT2D eigenvalue weighted by Crippen LogP contribution is 2.16. The van der Waals surface area contributed by atoms with Crippen molar-refractivity contribution >= 4 is 22.7 Å². The lowest BCUT2D eigenvalue weighted by Crippen LogP contribution is -2.30. The van der Waals surface area contributed by atoms with Crippen molar-refractivity contribution in [2.45, 2.75) is 25.8 Å². The number of furan rings is 1. The third kappa shape index (κ3) is 4.07. The van der Waals surface area contributed by atoms with Gasteiger partial charge in [-0.25, -0.2) is 0 Å². The van der Waals surface area contributed by atoms with Crippen LogP contribution in [0.25, 0.3) is 11.0 Å². The second-order valence-electron chi connectivity index (χ2n) is 5.57. The molecule has 5 heteroatoms. The van der Waals surface area contributed by atoms with Crippen molar-refractivity contribution in [2.75, 3.05) is 0 Å². The summed E-state index contributed by atoms with van der Waals surface area (Å²) >= 11 is 0. The summed E-state index contributed by atoms with van der Waals surface area (Å²) < 4.78 is 5.27. The number of hydrogen-bond donors (Lipinski definition) is 1. The second kappa shape index (κ2) is 7.55. The monoisotopic (exact) mass is 322 g/mol. The molecule has 3 rings (SSSR count). The second-order valence-corrected chi connectivity index (χ2v) is 5.57. The first-order valence-electron chi connectivity index (χ1n) is 7.89. The zero-order chi connectivity index (χ0) is 16.8. The minimum atomic E-state index is -0.539. The van der Waals surface area contributed by atoms with E-state index >= 15 is 0 Å². The lowest BCUT2D eigenvalue weighted by molar-refractivity contribution is -0.138. The number of aryl methyl sites for hydroxylation is 1. The predicted molar refractivity (Wildman–Crippen MR) is 90.2 cm³/mol. The first kappa shape index (κ1) is 15.9. The number of carbonyl (C=O) groups excluding carboxylic acids is 2. The Labute approximate surface area is 139 Å². The van der Waals surface area contributed by atoms with Gasteiger partial charge in [-0.2, -0.15) is 0 Å². The van der Waals surface area contributed by atoms with E-state index in [-0.39, 0.29) is 6.42 Å². The van der Waals surface area contributed by atoms with Gasteiger partial charge in [-0.3, -0.25) is 14.6 Å². The van der Waals surface area contributed by atoms with Crippen LogP contribution in [0.4, 0.5) is 0 Å². The quantitative estimate of drug-likeness (QED) is 0.679. The molecule has 2 heterocycles. The van der Waals surface area contributed by atoms with Gasteiger partial charge in [-0.1, -0.05) is 12.1 Å². The molecule has 0 radical (unpaired) electrons. The normalized spacial score (nSPS) is 10.7.